The van der Waals surface area contributed by atoms with Gasteiger partial charge in [-0.05, 0) is 49.9 Å². The molecule has 234 valence electrons. The smallest absolute Gasteiger partial charge is 0.416 e. The van der Waals surface area contributed by atoms with Gasteiger partial charge in [0, 0.05) is 42.9 Å². The fourth-order valence-electron chi connectivity index (χ4n) is 4.98. The third kappa shape index (κ3) is 7.81. The lowest BCUT2D eigenvalue weighted by atomic mass is 9.99. The number of fused-ring (bicyclic) bond motifs is 1. The van der Waals surface area contributed by atoms with E-state index in [0.29, 0.717) is 41.3 Å². The summed E-state index contributed by atoms with van der Waals surface area (Å²) in [5.41, 5.74) is 1.18. The Morgan fingerprint density at radius 3 is 2.52 bits per heavy atom. The Bertz CT molecular complexity index is 1540. The molecule has 3 atom stereocenters. The standard InChI is InChI=1S/C33H36F3N3O5/c1-21-17-39(22(2)20-40)32(41)27-14-24(10-9-23-11-12-28(42-4)29(15-23)43-5)16-37-31(27)44-30(21)19-38(3)18-25-7-6-8-26(13-25)33(34,35)36/h6-8,11-16,21-22,30,40H,17-20H2,1-5H3/t21-,22+,30-/m0/s1. The molecule has 4 rings (SSSR count). The first kappa shape index (κ1) is 32.6. The van der Waals surface area contributed by atoms with Gasteiger partial charge in [-0.15, -0.1) is 0 Å². The first-order chi connectivity index (χ1) is 20.9. The monoisotopic (exact) mass is 611 g/mol. The fourth-order valence-corrected chi connectivity index (χ4v) is 4.98. The van der Waals surface area contributed by atoms with Gasteiger partial charge in [-0.3, -0.25) is 9.69 Å². The van der Waals surface area contributed by atoms with Crippen LogP contribution in [0.25, 0.3) is 0 Å². The highest BCUT2D eigenvalue weighted by Crippen LogP contribution is 2.31. The van der Waals surface area contributed by atoms with Crippen LogP contribution in [0.4, 0.5) is 13.2 Å². The highest BCUT2D eigenvalue weighted by Gasteiger charge is 2.34. The number of hydrogen-bond donors (Lipinski definition) is 1. The first-order valence-electron chi connectivity index (χ1n) is 14.1. The van der Waals surface area contributed by atoms with Crippen LogP contribution in [0.15, 0.2) is 54.7 Å². The minimum atomic E-state index is -4.43. The number of methoxy groups -OCH3 is 2. The van der Waals surface area contributed by atoms with Crippen LogP contribution < -0.4 is 14.2 Å². The molecule has 2 aromatic carbocycles. The summed E-state index contributed by atoms with van der Waals surface area (Å²) in [4.78, 5) is 21.6. The first-order valence-corrected chi connectivity index (χ1v) is 14.1. The number of benzene rings is 2. The molecule has 0 fully saturated rings. The van der Waals surface area contributed by atoms with Gasteiger partial charge in [-0.1, -0.05) is 37.0 Å². The Balaban J connectivity index is 1.61. The summed E-state index contributed by atoms with van der Waals surface area (Å²) in [5.74, 6) is 6.80. The van der Waals surface area contributed by atoms with E-state index >= 15 is 0 Å². The lowest BCUT2D eigenvalue weighted by molar-refractivity contribution is -0.137. The van der Waals surface area contributed by atoms with Gasteiger partial charge >= 0.3 is 6.18 Å². The number of hydrogen-bond acceptors (Lipinski definition) is 7. The molecular formula is C33H36F3N3O5. The number of aromatic nitrogens is 1. The molecule has 1 amide bonds. The Morgan fingerprint density at radius 2 is 1.84 bits per heavy atom. The molecule has 0 unspecified atom stereocenters. The van der Waals surface area contributed by atoms with Gasteiger partial charge in [-0.25, -0.2) is 4.98 Å². The maximum absolute atomic E-state index is 13.7. The Hall–Kier alpha value is -4.27. The number of amides is 1. The van der Waals surface area contributed by atoms with Crippen molar-refractivity contribution in [3.8, 4) is 29.2 Å². The van der Waals surface area contributed by atoms with Crippen LogP contribution >= 0.6 is 0 Å². The van der Waals surface area contributed by atoms with E-state index in [1.54, 1.807) is 56.3 Å². The quantitative estimate of drug-likeness (QED) is 0.364. The highest BCUT2D eigenvalue weighted by molar-refractivity contribution is 5.97. The predicted octanol–water partition coefficient (Wildman–Crippen LogP) is 4.87. The van der Waals surface area contributed by atoms with Gasteiger partial charge in [0.15, 0.2) is 11.5 Å². The number of carbonyl (C=O) groups excluding carboxylic acids is 1. The van der Waals surface area contributed by atoms with Crippen LogP contribution in [-0.2, 0) is 12.7 Å². The van der Waals surface area contributed by atoms with Crippen LogP contribution in [0.3, 0.4) is 0 Å². The summed E-state index contributed by atoms with van der Waals surface area (Å²) in [5, 5.41) is 9.93. The number of aliphatic hydroxyl groups excluding tert-OH is 1. The van der Waals surface area contributed by atoms with E-state index in [4.69, 9.17) is 14.2 Å². The maximum atomic E-state index is 13.7. The molecule has 11 heteroatoms. The third-order valence-electron chi connectivity index (χ3n) is 7.45. The number of carbonyl (C=O) groups is 1. The molecule has 8 nitrogen and oxygen atoms in total. The Morgan fingerprint density at radius 1 is 1.11 bits per heavy atom. The summed E-state index contributed by atoms with van der Waals surface area (Å²) < 4.78 is 56.6. The van der Waals surface area contributed by atoms with Crippen LogP contribution in [0.1, 0.15) is 46.5 Å². The van der Waals surface area contributed by atoms with Gasteiger partial charge < -0.3 is 24.2 Å². The van der Waals surface area contributed by atoms with Crippen molar-refractivity contribution in [3.05, 3.63) is 82.5 Å². The topological polar surface area (TPSA) is 84.4 Å². The van der Waals surface area contributed by atoms with E-state index < -0.39 is 23.9 Å². The van der Waals surface area contributed by atoms with Crippen molar-refractivity contribution in [2.75, 3.05) is 41.0 Å². The summed E-state index contributed by atoms with van der Waals surface area (Å²) >= 11 is 0. The normalized spacial score (nSPS) is 17.5. The number of likely N-dealkylation sites (N-methyl/N-ethyl adjacent to an activating group) is 1. The van der Waals surface area contributed by atoms with Crippen molar-refractivity contribution >= 4 is 5.91 Å². The predicted molar refractivity (Wildman–Crippen MR) is 159 cm³/mol. The minimum absolute atomic E-state index is 0.130. The number of alkyl halides is 3. The number of nitrogens with zero attached hydrogens (tertiary/aromatic N) is 3. The summed E-state index contributed by atoms with van der Waals surface area (Å²) in [6.45, 7) is 4.37. The van der Waals surface area contributed by atoms with Crippen LogP contribution in [0, 0.1) is 17.8 Å². The molecule has 0 bridgehead atoms. The summed E-state index contributed by atoms with van der Waals surface area (Å²) in [7, 11) is 4.89. The van der Waals surface area contributed by atoms with Gasteiger partial charge in [0.2, 0.25) is 5.88 Å². The van der Waals surface area contributed by atoms with Crippen molar-refractivity contribution in [1.29, 1.82) is 0 Å². The Kier molecular flexibility index (Phi) is 10.4. The second kappa shape index (κ2) is 14.0. The number of pyridine rings is 1. The summed E-state index contributed by atoms with van der Waals surface area (Å²) in [6, 6.07) is 11.7. The minimum Gasteiger partial charge on any atom is -0.493 e. The second-order valence-electron chi connectivity index (χ2n) is 10.9. The molecule has 0 saturated carbocycles. The molecule has 44 heavy (non-hydrogen) atoms. The van der Waals surface area contributed by atoms with E-state index in [0.717, 1.165) is 12.1 Å². The molecule has 1 N–H and O–H groups in total. The van der Waals surface area contributed by atoms with Gasteiger partial charge in [-0.2, -0.15) is 13.2 Å². The molecule has 1 aromatic heterocycles. The molecule has 0 aliphatic carbocycles. The molecule has 0 saturated heterocycles. The zero-order chi connectivity index (χ0) is 32.0. The SMILES string of the molecule is COc1ccc(C#Cc2cnc3c(c2)C(=O)N([C@H](C)CO)C[C@H](C)[C@H](CN(C)Cc2cccc(C(F)(F)F)c2)O3)cc1OC. The second-order valence-corrected chi connectivity index (χ2v) is 10.9. The number of ether oxygens (including phenoxy) is 3. The zero-order valence-electron chi connectivity index (χ0n) is 25.3. The molecule has 1 aliphatic heterocycles. The van der Waals surface area contributed by atoms with E-state index in [2.05, 4.69) is 16.8 Å². The van der Waals surface area contributed by atoms with E-state index in [-0.39, 0.29) is 36.4 Å². The number of aliphatic hydroxyl groups is 1. The fraction of sp³-hybridized carbons (Fsp3) is 0.394. The third-order valence-corrected chi connectivity index (χ3v) is 7.45. The largest absolute Gasteiger partial charge is 0.493 e. The van der Waals surface area contributed by atoms with Crippen molar-refractivity contribution in [2.24, 2.45) is 5.92 Å². The van der Waals surface area contributed by atoms with E-state index in [1.165, 1.54) is 19.4 Å². The lowest BCUT2D eigenvalue weighted by Crippen LogP contribution is -2.49. The van der Waals surface area contributed by atoms with E-state index in [1.807, 2.05) is 11.8 Å². The van der Waals surface area contributed by atoms with Crippen LogP contribution in [-0.4, -0.2) is 78.9 Å². The van der Waals surface area contributed by atoms with Crippen molar-refractivity contribution in [2.45, 2.75) is 38.7 Å². The Labute approximate surface area is 255 Å². The molecular weight excluding hydrogens is 575 g/mol. The molecule has 0 spiro atoms. The molecule has 2 heterocycles. The maximum Gasteiger partial charge on any atom is 0.416 e. The molecule has 0 radical (unpaired) electrons. The van der Waals surface area contributed by atoms with Crippen molar-refractivity contribution < 1.29 is 37.3 Å². The van der Waals surface area contributed by atoms with Crippen molar-refractivity contribution in [1.82, 2.24) is 14.8 Å². The lowest BCUT2D eigenvalue weighted by Gasteiger charge is -2.37. The van der Waals surface area contributed by atoms with Gasteiger partial charge in [0.25, 0.3) is 5.91 Å². The van der Waals surface area contributed by atoms with Gasteiger partial charge in [0.1, 0.15) is 11.7 Å². The average molecular weight is 612 g/mol. The van der Waals surface area contributed by atoms with Crippen LogP contribution in [0.5, 0.6) is 17.4 Å². The molecule has 1 aliphatic rings. The average Bonchev–Trinajstić information content (AvgIpc) is 3.00. The van der Waals surface area contributed by atoms with Gasteiger partial charge in [0.05, 0.1) is 32.4 Å². The zero-order valence-corrected chi connectivity index (χ0v) is 25.3. The van der Waals surface area contributed by atoms with Crippen molar-refractivity contribution in [3.63, 3.8) is 0 Å². The van der Waals surface area contributed by atoms with E-state index in [9.17, 15) is 23.1 Å². The molecule has 3 aromatic rings. The van der Waals surface area contributed by atoms with Crippen LogP contribution in [0.2, 0.25) is 0 Å². The number of rotatable bonds is 8. The summed E-state index contributed by atoms with van der Waals surface area (Å²) in [6.07, 6.45) is -3.36. The highest BCUT2D eigenvalue weighted by atomic mass is 19.4. The number of halogens is 3.